The van der Waals surface area contributed by atoms with E-state index in [1.165, 1.54) is 0 Å². The van der Waals surface area contributed by atoms with Gasteiger partial charge in [-0.15, -0.1) is 10.2 Å². The first-order valence-electron chi connectivity index (χ1n) is 9.48. The summed E-state index contributed by atoms with van der Waals surface area (Å²) < 4.78 is 8.18. The predicted molar refractivity (Wildman–Crippen MR) is 106 cm³/mol. The number of guanidine groups is 1. The van der Waals surface area contributed by atoms with E-state index in [4.69, 9.17) is 4.42 Å². The molecular weight excluding hydrogens is 340 g/mol. The van der Waals surface area contributed by atoms with Gasteiger partial charge in [-0.2, -0.15) is 0 Å². The van der Waals surface area contributed by atoms with Gasteiger partial charge in [-0.25, -0.2) is 0 Å². The Kier molecular flexibility index (Phi) is 4.83. The molecule has 0 aliphatic carbocycles. The molecule has 7 nitrogen and oxygen atoms in total. The monoisotopic (exact) mass is 366 g/mol. The number of fused-ring (bicyclic) bond motifs is 2. The second-order valence-electron chi connectivity index (χ2n) is 7.18. The lowest BCUT2D eigenvalue weighted by Crippen LogP contribution is -2.42. The van der Waals surface area contributed by atoms with Crippen LogP contribution in [0.3, 0.4) is 0 Å². The Hall–Kier alpha value is -2.83. The lowest BCUT2D eigenvalue weighted by Gasteiger charge is -2.25. The lowest BCUT2D eigenvalue weighted by atomic mass is 9.99. The number of aromatic nitrogens is 3. The van der Waals surface area contributed by atoms with Gasteiger partial charge in [0.05, 0.1) is 6.04 Å². The molecule has 2 atom stereocenters. The molecule has 0 saturated heterocycles. The first kappa shape index (κ1) is 17.6. The van der Waals surface area contributed by atoms with Crippen molar-refractivity contribution in [3.8, 4) is 0 Å². The number of nitrogens with one attached hydrogen (secondary N) is 2. The summed E-state index contributed by atoms with van der Waals surface area (Å²) in [4.78, 5) is 4.36. The Balaban J connectivity index is 1.35. The van der Waals surface area contributed by atoms with Crippen LogP contribution >= 0.6 is 0 Å². The molecule has 1 aliphatic rings. The van der Waals surface area contributed by atoms with E-state index in [9.17, 15) is 0 Å². The number of benzene rings is 1. The van der Waals surface area contributed by atoms with E-state index >= 15 is 0 Å². The summed E-state index contributed by atoms with van der Waals surface area (Å²) in [6, 6.07) is 10.2. The quantitative estimate of drug-likeness (QED) is 0.548. The minimum Gasteiger partial charge on any atom is -0.459 e. The molecule has 4 rings (SSSR count). The van der Waals surface area contributed by atoms with Crippen molar-refractivity contribution < 1.29 is 4.42 Å². The Morgan fingerprint density at radius 1 is 1.37 bits per heavy atom. The van der Waals surface area contributed by atoms with Crippen LogP contribution in [0, 0.1) is 12.8 Å². The molecule has 7 heteroatoms. The van der Waals surface area contributed by atoms with Gasteiger partial charge in [0.2, 0.25) is 0 Å². The molecule has 1 aliphatic heterocycles. The Bertz CT molecular complexity index is 923. The molecule has 142 valence electrons. The number of aryl methyl sites for hydroxylation is 2. The van der Waals surface area contributed by atoms with Crippen LogP contribution in [0.2, 0.25) is 0 Å². The van der Waals surface area contributed by atoms with E-state index in [0.717, 1.165) is 60.3 Å². The number of aliphatic imine (C=N–C) groups is 1. The number of hydrogen-bond acceptors (Lipinski definition) is 4. The Morgan fingerprint density at radius 2 is 2.22 bits per heavy atom. The maximum Gasteiger partial charge on any atom is 0.191 e. The van der Waals surface area contributed by atoms with Crippen molar-refractivity contribution in [1.29, 1.82) is 0 Å². The SMILES string of the molecule is CN=C(NCC1CCc2nnc(C)n2C1)NC(C)c1cc2ccccc2o1. The third-order valence-electron chi connectivity index (χ3n) is 5.24. The van der Waals surface area contributed by atoms with Gasteiger partial charge in [0.1, 0.15) is 23.0 Å². The molecule has 0 radical (unpaired) electrons. The number of para-hydroxylation sites is 1. The number of rotatable bonds is 4. The molecule has 27 heavy (non-hydrogen) atoms. The number of furan rings is 1. The van der Waals surface area contributed by atoms with Crippen LogP contribution in [0.25, 0.3) is 11.0 Å². The molecule has 0 bridgehead atoms. The number of hydrogen-bond donors (Lipinski definition) is 2. The van der Waals surface area contributed by atoms with Crippen molar-refractivity contribution >= 4 is 16.9 Å². The number of nitrogens with zero attached hydrogens (tertiary/aromatic N) is 4. The van der Waals surface area contributed by atoms with Gasteiger partial charge in [-0.1, -0.05) is 18.2 Å². The van der Waals surface area contributed by atoms with E-state index in [2.05, 4.69) is 49.4 Å². The fraction of sp³-hybridized carbons (Fsp3) is 0.450. The van der Waals surface area contributed by atoms with E-state index in [-0.39, 0.29) is 6.04 Å². The van der Waals surface area contributed by atoms with Gasteiger partial charge < -0.3 is 19.6 Å². The van der Waals surface area contributed by atoms with Crippen LogP contribution in [0.4, 0.5) is 0 Å². The van der Waals surface area contributed by atoms with Crippen molar-refractivity contribution in [1.82, 2.24) is 25.4 Å². The summed E-state index contributed by atoms with van der Waals surface area (Å²) in [7, 11) is 1.80. The van der Waals surface area contributed by atoms with Crippen molar-refractivity contribution in [2.24, 2.45) is 10.9 Å². The fourth-order valence-corrected chi connectivity index (χ4v) is 3.62. The van der Waals surface area contributed by atoms with E-state index in [1.807, 2.05) is 25.1 Å². The van der Waals surface area contributed by atoms with Crippen molar-refractivity contribution in [2.75, 3.05) is 13.6 Å². The lowest BCUT2D eigenvalue weighted by molar-refractivity contribution is 0.357. The highest BCUT2D eigenvalue weighted by Crippen LogP contribution is 2.23. The van der Waals surface area contributed by atoms with Crippen molar-refractivity contribution in [3.05, 3.63) is 47.7 Å². The fourth-order valence-electron chi connectivity index (χ4n) is 3.62. The second kappa shape index (κ2) is 7.42. The molecule has 0 spiro atoms. The van der Waals surface area contributed by atoms with Crippen LogP contribution in [0.15, 0.2) is 39.7 Å². The molecule has 3 aromatic rings. The molecule has 2 N–H and O–H groups in total. The zero-order valence-electron chi connectivity index (χ0n) is 16.1. The van der Waals surface area contributed by atoms with Gasteiger partial charge in [0.25, 0.3) is 0 Å². The predicted octanol–water partition coefficient (Wildman–Crippen LogP) is 2.82. The first-order valence-corrected chi connectivity index (χ1v) is 9.48. The van der Waals surface area contributed by atoms with E-state index < -0.39 is 0 Å². The smallest absolute Gasteiger partial charge is 0.191 e. The summed E-state index contributed by atoms with van der Waals surface area (Å²) in [5, 5.41) is 16.4. The summed E-state index contributed by atoms with van der Waals surface area (Å²) in [5.74, 6) is 4.32. The zero-order valence-corrected chi connectivity index (χ0v) is 16.1. The average Bonchev–Trinajstić information content (AvgIpc) is 3.29. The summed E-state index contributed by atoms with van der Waals surface area (Å²) in [6.07, 6.45) is 2.09. The Labute approximate surface area is 158 Å². The van der Waals surface area contributed by atoms with Gasteiger partial charge in [-0.3, -0.25) is 4.99 Å². The van der Waals surface area contributed by atoms with Crippen LogP contribution in [0.5, 0.6) is 0 Å². The molecule has 2 unspecified atom stereocenters. The van der Waals surface area contributed by atoms with Crippen molar-refractivity contribution in [2.45, 2.75) is 39.3 Å². The normalized spacial score (nSPS) is 18.3. The second-order valence-corrected chi connectivity index (χ2v) is 7.18. The van der Waals surface area contributed by atoms with Crippen LogP contribution in [-0.2, 0) is 13.0 Å². The van der Waals surface area contributed by atoms with Gasteiger partial charge in [0.15, 0.2) is 5.96 Å². The minimum absolute atomic E-state index is 0.0293. The first-order chi connectivity index (χ1) is 13.1. The van der Waals surface area contributed by atoms with Crippen LogP contribution < -0.4 is 10.6 Å². The van der Waals surface area contributed by atoms with E-state index in [1.54, 1.807) is 7.05 Å². The highest BCUT2D eigenvalue weighted by Gasteiger charge is 2.22. The maximum absolute atomic E-state index is 5.95. The van der Waals surface area contributed by atoms with Crippen molar-refractivity contribution in [3.63, 3.8) is 0 Å². The summed E-state index contributed by atoms with van der Waals surface area (Å²) in [6.45, 7) is 5.92. The van der Waals surface area contributed by atoms with Gasteiger partial charge >= 0.3 is 0 Å². The topological polar surface area (TPSA) is 80.3 Å². The zero-order chi connectivity index (χ0) is 18.8. The molecule has 3 heterocycles. The molecular formula is C20H26N6O. The third kappa shape index (κ3) is 3.67. The highest BCUT2D eigenvalue weighted by atomic mass is 16.3. The van der Waals surface area contributed by atoms with E-state index in [0.29, 0.717) is 5.92 Å². The molecule has 0 fully saturated rings. The highest BCUT2D eigenvalue weighted by molar-refractivity contribution is 5.81. The Morgan fingerprint density at radius 3 is 3.04 bits per heavy atom. The largest absolute Gasteiger partial charge is 0.459 e. The third-order valence-corrected chi connectivity index (χ3v) is 5.24. The average molecular weight is 366 g/mol. The molecule has 0 saturated carbocycles. The van der Waals surface area contributed by atoms with Crippen LogP contribution in [-0.4, -0.2) is 34.3 Å². The summed E-state index contributed by atoms with van der Waals surface area (Å²) in [5.41, 5.74) is 0.909. The van der Waals surface area contributed by atoms with Crippen LogP contribution in [0.1, 0.15) is 36.8 Å². The molecule has 1 aromatic carbocycles. The molecule has 0 amide bonds. The summed E-state index contributed by atoms with van der Waals surface area (Å²) >= 11 is 0. The standard InChI is InChI=1S/C20H26N6O/c1-13(18-10-16-6-4-5-7-17(16)27-18)23-20(21-3)22-11-15-8-9-19-25-24-14(2)26(19)12-15/h4-7,10,13,15H,8-9,11-12H2,1-3H3,(H2,21,22,23). The maximum atomic E-state index is 5.95. The molecule has 2 aromatic heterocycles. The minimum atomic E-state index is 0.0293. The van der Waals surface area contributed by atoms with Gasteiger partial charge in [-0.05, 0) is 38.3 Å². The van der Waals surface area contributed by atoms with Gasteiger partial charge in [0, 0.05) is 31.9 Å².